The molecule has 3 nitrogen and oxygen atoms in total. The van der Waals surface area contributed by atoms with Crippen molar-refractivity contribution in [2.75, 3.05) is 0 Å². The average molecular weight is 425 g/mol. The molecule has 1 saturated heterocycles. The van der Waals surface area contributed by atoms with E-state index in [4.69, 9.17) is 16.3 Å². The number of hydrogen-bond acceptors (Lipinski definition) is 3. The molecule has 0 amide bonds. The van der Waals surface area contributed by atoms with Gasteiger partial charge in [0.2, 0.25) is 0 Å². The number of rotatable bonds is 10. The predicted molar refractivity (Wildman–Crippen MR) is 123 cm³/mol. The van der Waals surface area contributed by atoms with E-state index < -0.39 is 6.10 Å². The van der Waals surface area contributed by atoms with Crippen LogP contribution in [0.2, 0.25) is 5.02 Å². The van der Waals surface area contributed by atoms with Gasteiger partial charge in [-0.3, -0.25) is 9.59 Å². The lowest BCUT2D eigenvalue weighted by atomic mass is 9.92. The standard InChI is InChI=1S/C12H11ClO3.C11H24.C2H6/c1-7(14)10-6-11(15)16-12(10)8-2-4-9(13)5-3-8;1-3-5-7-9-11-10-8-6-4-2;1-2/h2-5,10,12H,6H2,1H3;3-11H2,1-2H3;1-2H3/t10-,12?;;/m1../s1. The highest BCUT2D eigenvalue weighted by Gasteiger charge is 2.38. The van der Waals surface area contributed by atoms with E-state index >= 15 is 0 Å². The lowest BCUT2D eigenvalue weighted by Crippen LogP contribution is -2.15. The van der Waals surface area contributed by atoms with Crippen molar-refractivity contribution in [3.8, 4) is 0 Å². The number of ketones is 1. The number of halogens is 1. The maximum atomic E-state index is 11.4. The molecule has 29 heavy (non-hydrogen) atoms. The third kappa shape index (κ3) is 12.1. The van der Waals surface area contributed by atoms with Gasteiger partial charge in [0.1, 0.15) is 11.9 Å². The summed E-state index contributed by atoms with van der Waals surface area (Å²) < 4.78 is 5.16. The van der Waals surface area contributed by atoms with Crippen molar-refractivity contribution in [3.63, 3.8) is 0 Å². The summed E-state index contributed by atoms with van der Waals surface area (Å²) in [5.41, 5.74) is 0.815. The minimum atomic E-state index is -0.456. The van der Waals surface area contributed by atoms with Gasteiger partial charge in [-0.2, -0.15) is 0 Å². The van der Waals surface area contributed by atoms with Crippen molar-refractivity contribution in [3.05, 3.63) is 34.9 Å². The fourth-order valence-electron chi connectivity index (χ4n) is 3.25. The molecule has 2 atom stereocenters. The number of benzene rings is 1. The Morgan fingerprint density at radius 2 is 1.38 bits per heavy atom. The van der Waals surface area contributed by atoms with E-state index in [1.165, 1.54) is 64.7 Å². The highest BCUT2D eigenvalue weighted by Crippen LogP contribution is 2.36. The smallest absolute Gasteiger partial charge is 0.307 e. The molecule has 1 fully saturated rings. The van der Waals surface area contributed by atoms with E-state index in [0.29, 0.717) is 5.02 Å². The summed E-state index contributed by atoms with van der Waals surface area (Å²) in [4.78, 5) is 22.6. The first-order valence-electron chi connectivity index (χ1n) is 11.4. The van der Waals surface area contributed by atoms with Gasteiger partial charge in [0, 0.05) is 5.02 Å². The van der Waals surface area contributed by atoms with Crippen LogP contribution in [0.25, 0.3) is 0 Å². The molecule has 1 aliphatic heterocycles. The molecule has 0 radical (unpaired) electrons. The Kier molecular flexibility index (Phi) is 16.7. The lowest BCUT2D eigenvalue weighted by Gasteiger charge is -2.15. The van der Waals surface area contributed by atoms with E-state index in [1.807, 2.05) is 13.8 Å². The molecule has 1 unspecified atom stereocenters. The highest BCUT2D eigenvalue weighted by atomic mass is 35.5. The number of Topliss-reactive ketones (excluding diaryl/α,β-unsaturated/α-hetero) is 1. The van der Waals surface area contributed by atoms with Gasteiger partial charge in [-0.1, -0.05) is 109 Å². The average Bonchev–Trinajstić information content (AvgIpc) is 3.12. The molecule has 2 rings (SSSR count). The van der Waals surface area contributed by atoms with Gasteiger partial charge >= 0.3 is 5.97 Å². The van der Waals surface area contributed by atoms with Crippen LogP contribution in [0.1, 0.15) is 110 Å². The van der Waals surface area contributed by atoms with Gasteiger partial charge in [0.05, 0.1) is 12.3 Å². The van der Waals surface area contributed by atoms with E-state index in [1.54, 1.807) is 24.3 Å². The van der Waals surface area contributed by atoms with Gasteiger partial charge in [0.25, 0.3) is 0 Å². The number of hydrogen-bond donors (Lipinski definition) is 0. The first-order valence-corrected chi connectivity index (χ1v) is 11.8. The van der Waals surface area contributed by atoms with Crippen LogP contribution in [0.3, 0.4) is 0 Å². The van der Waals surface area contributed by atoms with Crippen LogP contribution < -0.4 is 0 Å². The number of ether oxygens (including phenoxy) is 1. The van der Waals surface area contributed by atoms with Crippen LogP contribution in [0, 0.1) is 5.92 Å². The maximum Gasteiger partial charge on any atom is 0.307 e. The van der Waals surface area contributed by atoms with Gasteiger partial charge in [-0.25, -0.2) is 0 Å². The molecule has 1 aromatic rings. The Morgan fingerprint density at radius 1 is 0.931 bits per heavy atom. The number of carbonyl (C=O) groups excluding carboxylic acids is 2. The predicted octanol–water partition coefficient (Wildman–Crippen LogP) is 8.10. The van der Waals surface area contributed by atoms with Gasteiger partial charge in [-0.15, -0.1) is 0 Å². The zero-order chi connectivity index (χ0) is 22.1. The zero-order valence-electron chi connectivity index (χ0n) is 19.1. The number of unbranched alkanes of at least 4 members (excludes halogenated alkanes) is 8. The third-order valence-electron chi connectivity index (χ3n) is 4.94. The molecule has 1 aliphatic rings. The van der Waals surface area contributed by atoms with Crippen LogP contribution in [-0.4, -0.2) is 11.8 Å². The second kappa shape index (κ2) is 17.5. The van der Waals surface area contributed by atoms with Crippen molar-refractivity contribution in [1.29, 1.82) is 0 Å². The molecule has 1 aromatic carbocycles. The third-order valence-corrected chi connectivity index (χ3v) is 5.19. The summed E-state index contributed by atoms with van der Waals surface area (Å²) in [6.07, 6.45) is 12.7. The Balaban J connectivity index is 0.000000532. The lowest BCUT2D eigenvalue weighted by molar-refractivity contribution is -0.141. The monoisotopic (exact) mass is 424 g/mol. The zero-order valence-corrected chi connectivity index (χ0v) is 19.9. The molecule has 0 saturated carbocycles. The molecule has 1 heterocycles. The largest absolute Gasteiger partial charge is 0.457 e. The second-order valence-electron chi connectivity index (χ2n) is 7.36. The summed E-state index contributed by atoms with van der Waals surface area (Å²) in [6, 6.07) is 7.00. The first-order chi connectivity index (χ1) is 14.0. The minimum Gasteiger partial charge on any atom is -0.457 e. The molecule has 0 spiro atoms. The van der Waals surface area contributed by atoms with Crippen LogP contribution in [-0.2, 0) is 14.3 Å². The van der Waals surface area contributed by atoms with E-state index in [-0.39, 0.29) is 24.1 Å². The molecule has 0 N–H and O–H groups in total. The summed E-state index contributed by atoms with van der Waals surface area (Å²) in [5, 5.41) is 0.618. The normalized spacial score (nSPS) is 17.5. The summed E-state index contributed by atoms with van der Waals surface area (Å²) in [5.74, 6) is -0.709. The van der Waals surface area contributed by atoms with E-state index in [0.717, 1.165) is 5.56 Å². The molecular formula is C25H41ClO3. The maximum absolute atomic E-state index is 11.4. The highest BCUT2D eigenvalue weighted by molar-refractivity contribution is 6.30. The minimum absolute atomic E-state index is 0.0224. The van der Waals surface area contributed by atoms with Crippen molar-refractivity contribution < 1.29 is 14.3 Å². The van der Waals surface area contributed by atoms with Crippen LogP contribution in [0.15, 0.2) is 24.3 Å². The number of cyclic esters (lactones) is 1. The van der Waals surface area contributed by atoms with Crippen molar-refractivity contribution >= 4 is 23.4 Å². The van der Waals surface area contributed by atoms with Gasteiger partial charge < -0.3 is 4.74 Å². The number of esters is 1. The molecule has 0 aromatic heterocycles. The molecule has 166 valence electrons. The van der Waals surface area contributed by atoms with E-state index in [9.17, 15) is 9.59 Å². The fraction of sp³-hybridized carbons (Fsp3) is 0.680. The Hall–Kier alpha value is -1.35. The molecule has 0 bridgehead atoms. The molecule has 4 heteroatoms. The Morgan fingerprint density at radius 3 is 1.79 bits per heavy atom. The fourth-order valence-corrected chi connectivity index (χ4v) is 3.38. The van der Waals surface area contributed by atoms with Crippen LogP contribution in [0.5, 0.6) is 0 Å². The topological polar surface area (TPSA) is 43.4 Å². The van der Waals surface area contributed by atoms with Crippen LogP contribution in [0.4, 0.5) is 0 Å². The molecular weight excluding hydrogens is 384 g/mol. The van der Waals surface area contributed by atoms with Crippen molar-refractivity contribution in [2.45, 2.75) is 105 Å². The molecule has 0 aliphatic carbocycles. The van der Waals surface area contributed by atoms with Gasteiger partial charge in [-0.05, 0) is 24.6 Å². The Bertz CT molecular complexity index is 546. The SMILES string of the molecule is CC.CC(=O)[C@H]1CC(=O)OC1c1ccc(Cl)cc1.CCCCCCCCCCC. The first kappa shape index (κ1) is 27.6. The quantitative estimate of drug-likeness (QED) is 0.281. The van der Waals surface area contributed by atoms with Crippen molar-refractivity contribution in [2.24, 2.45) is 5.92 Å². The van der Waals surface area contributed by atoms with Gasteiger partial charge in [0.15, 0.2) is 0 Å². The van der Waals surface area contributed by atoms with Crippen molar-refractivity contribution in [1.82, 2.24) is 0 Å². The Labute approximate surface area is 183 Å². The summed E-state index contributed by atoms with van der Waals surface area (Å²) in [7, 11) is 0. The second-order valence-corrected chi connectivity index (χ2v) is 7.79. The summed E-state index contributed by atoms with van der Waals surface area (Å²) >= 11 is 5.77. The number of carbonyl (C=O) groups is 2. The van der Waals surface area contributed by atoms with Crippen LogP contribution >= 0.6 is 11.6 Å². The summed E-state index contributed by atoms with van der Waals surface area (Å²) in [6.45, 7) is 10.0. The van der Waals surface area contributed by atoms with E-state index in [2.05, 4.69) is 13.8 Å².